The summed E-state index contributed by atoms with van der Waals surface area (Å²) in [4.78, 5) is 0. The highest BCUT2D eigenvalue weighted by Gasteiger charge is 2.53. The van der Waals surface area contributed by atoms with Crippen molar-refractivity contribution in [1.29, 1.82) is 0 Å². The van der Waals surface area contributed by atoms with Crippen molar-refractivity contribution in [2.45, 2.75) is 36.2 Å². The van der Waals surface area contributed by atoms with Crippen molar-refractivity contribution >= 4 is 25.3 Å². The fraction of sp³-hybridized carbons (Fsp3) is 1.00. The van der Waals surface area contributed by atoms with Gasteiger partial charge in [0.15, 0.2) is 0 Å². The van der Waals surface area contributed by atoms with Gasteiger partial charge in [0.05, 0.1) is 4.08 Å². The first-order chi connectivity index (χ1) is 5.66. The largest absolute Gasteiger partial charge is 0.161 e. The summed E-state index contributed by atoms with van der Waals surface area (Å²) in [6.45, 7) is 0. The molecule has 0 amide bonds. The van der Waals surface area contributed by atoms with E-state index in [1.807, 2.05) is 0 Å². The van der Waals surface area contributed by atoms with Crippen LogP contribution in [-0.4, -0.2) is 4.08 Å². The highest BCUT2D eigenvalue weighted by Crippen LogP contribution is 2.61. The Hall–Kier alpha value is 0.700. The maximum atomic E-state index is 4.76. The molecule has 0 aromatic carbocycles. The van der Waals surface area contributed by atoms with Crippen LogP contribution in [-0.2, 0) is 0 Å². The highest BCUT2D eigenvalue weighted by atomic mass is 32.2. The number of thiol groups is 2. The summed E-state index contributed by atoms with van der Waals surface area (Å²) in [5.74, 6) is 3.72. The van der Waals surface area contributed by atoms with Crippen LogP contribution >= 0.6 is 25.3 Å². The molecule has 0 radical (unpaired) electrons. The normalized spacial score (nSPS) is 54.5. The Balaban J connectivity index is 1.96. The third-order valence-corrected chi connectivity index (χ3v) is 5.80. The zero-order valence-corrected chi connectivity index (χ0v) is 9.03. The van der Waals surface area contributed by atoms with E-state index in [9.17, 15) is 0 Å². The van der Waals surface area contributed by atoms with Gasteiger partial charge >= 0.3 is 0 Å². The van der Waals surface area contributed by atoms with Crippen LogP contribution in [0.3, 0.4) is 0 Å². The van der Waals surface area contributed by atoms with Crippen molar-refractivity contribution in [3.8, 4) is 0 Å². The lowest BCUT2D eigenvalue weighted by molar-refractivity contribution is 0.0168. The summed E-state index contributed by atoms with van der Waals surface area (Å²) in [7, 11) is 0. The maximum absolute atomic E-state index is 4.76. The molecule has 4 aliphatic rings. The van der Waals surface area contributed by atoms with Gasteiger partial charge in [-0.2, -0.15) is 25.3 Å². The van der Waals surface area contributed by atoms with Gasteiger partial charge in [-0.3, -0.25) is 0 Å². The quantitative estimate of drug-likeness (QED) is 0.436. The van der Waals surface area contributed by atoms with Crippen LogP contribution < -0.4 is 0 Å². The van der Waals surface area contributed by atoms with Crippen molar-refractivity contribution in [3.63, 3.8) is 0 Å². The number of hydrogen-bond acceptors (Lipinski definition) is 2. The number of rotatable bonds is 0. The van der Waals surface area contributed by atoms with Gasteiger partial charge in [0.25, 0.3) is 0 Å². The monoisotopic (exact) mass is 200 g/mol. The second-order valence-electron chi connectivity index (χ2n) is 5.09. The second-order valence-corrected chi connectivity index (χ2v) is 6.92. The van der Waals surface area contributed by atoms with E-state index in [0.29, 0.717) is 0 Å². The molecule has 0 aliphatic heterocycles. The Morgan fingerprint density at radius 3 is 1.58 bits per heavy atom. The molecule has 0 aromatic heterocycles. The van der Waals surface area contributed by atoms with E-state index in [1.54, 1.807) is 0 Å². The van der Waals surface area contributed by atoms with Crippen LogP contribution in [0.1, 0.15) is 32.1 Å². The predicted molar refractivity (Wildman–Crippen MR) is 57.7 cm³/mol. The van der Waals surface area contributed by atoms with Gasteiger partial charge in [-0.05, 0) is 55.8 Å². The van der Waals surface area contributed by atoms with Gasteiger partial charge in [-0.15, -0.1) is 0 Å². The standard InChI is InChI=1S/C10H16S2/c11-10(12)8-2-6-1-7(4-8)5-9(10)3-6/h6-9,11-12H,1-5H2. The van der Waals surface area contributed by atoms with Gasteiger partial charge < -0.3 is 0 Å². The molecule has 4 bridgehead atoms. The van der Waals surface area contributed by atoms with Crippen LogP contribution in [0.5, 0.6) is 0 Å². The third kappa shape index (κ3) is 0.942. The lowest BCUT2D eigenvalue weighted by Crippen LogP contribution is -2.51. The predicted octanol–water partition coefficient (Wildman–Crippen LogP) is 3.00. The van der Waals surface area contributed by atoms with Crippen molar-refractivity contribution in [1.82, 2.24) is 0 Å². The molecule has 2 heteroatoms. The van der Waals surface area contributed by atoms with Crippen LogP contribution in [0.2, 0.25) is 0 Å². The average Bonchev–Trinajstić information content (AvgIpc) is 1.99. The van der Waals surface area contributed by atoms with E-state index in [2.05, 4.69) is 0 Å². The van der Waals surface area contributed by atoms with Gasteiger partial charge in [0, 0.05) is 0 Å². The summed E-state index contributed by atoms with van der Waals surface area (Å²) < 4.78 is 0.0907. The fourth-order valence-corrected chi connectivity index (χ4v) is 4.72. The zero-order chi connectivity index (χ0) is 8.34. The fourth-order valence-electron chi connectivity index (χ4n) is 3.88. The first kappa shape index (κ1) is 8.05. The summed E-state index contributed by atoms with van der Waals surface area (Å²) in [5.41, 5.74) is 0. The third-order valence-electron chi connectivity index (χ3n) is 4.34. The summed E-state index contributed by atoms with van der Waals surface area (Å²) in [6, 6.07) is 0. The molecule has 4 saturated carbocycles. The lowest BCUT2D eigenvalue weighted by Gasteiger charge is -2.57. The van der Waals surface area contributed by atoms with Crippen LogP contribution in [0, 0.1) is 23.7 Å². The molecule has 0 unspecified atom stereocenters. The van der Waals surface area contributed by atoms with Crippen molar-refractivity contribution in [2.24, 2.45) is 23.7 Å². The zero-order valence-electron chi connectivity index (χ0n) is 7.24. The molecular formula is C10H16S2. The molecule has 0 aromatic rings. The van der Waals surface area contributed by atoms with E-state index in [1.165, 1.54) is 32.1 Å². The first-order valence-electron chi connectivity index (χ1n) is 5.11. The van der Waals surface area contributed by atoms with Crippen molar-refractivity contribution < 1.29 is 0 Å². The molecule has 4 rings (SSSR count). The maximum Gasteiger partial charge on any atom is 0.0608 e. The number of hydrogen-bond donors (Lipinski definition) is 2. The average molecular weight is 200 g/mol. The molecule has 12 heavy (non-hydrogen) atoms. The summed E-state index contributed by atoms with van der Waals surface area (Å²) in [6.07, 6.45) is 7.19. The van der Waals surface area contributed by atoms with Crippen LogP contribution in [0.4, 0.5) is 0 Å². The molecule has 0 saturated heterocycles. The SMILES string of the molecule is SC1(S)C2CC3CC(C2)CC1C3. The molecule has 0 atom stereocenters. The molecular weight excluding hydrogens is 184 g/mol. The lowest BCUT2D eigenvalue weighted by atomic mass is 9.56. The van der Waals surface area contributed by atoms with E-state index in [0.717, 1.165) is 23.7 Å². The van der Waals surface area contributed by atoms with E-state index >= 15 is 0 Å². The Morgan fingerprint density at radius 2 is 1.17 bits per heavy atom. The van der Waals surface area contributed by atoms with Gasteiger partial charge in [0.1, 0.15) is 0 Å². The minimum Gasteiger partial charge on any atom is -0.161 e. The molecule has 4 aliphatic carbocycles. The molecule has 0 N–H and O–H groups in total. The van der Waals surface area contributed by atoms with Gasteiger partial charge in [-0.1, -0.05) is 0 Å². The molecule has 0 nitrogen and oxygen atoms in total. The minimum absolute atomic E-state index is 0.0907. The Bertz CT molecular complexity index is 180. The highest BCUT2D eigenvalue weighted by molar-refractivity contribution is 8.00. The molecule has 0 spiro atoms. The summed E-state index contributed by atoms with van der Waals surface area (Å²) in [5, 5.41) is 0. The molecule has 4 fully saturated rings. The van der Waals surface area contributed by atoms with E-state index in [-0.39, 0.29) is 4.08 Å². The van der Waals surface area contributed by atoms with Gasteiger partial charge in [0.2, 0.25) is 0 Å². The second kappa shape index (κ2) is 2.38. The molecule has 0 heterocycles. The van der Waals surface area contributed by atoms with Crippen LogP contribution in [0.25, 0.3) is 0 Å². The first-order valence-corrected chi connectivity index (χ1v) is 6.00. The van der Waals surface area contributed by atoms with Crippen molar-refractivity contribution in [2.75, 3.05) is 0 Å². The van der Waals surface area contributed by atoms with E-state index in [4.69, 9.17) is 25.3 Å². The van der Waals surface area contributed by atoms with Crippen LogP contribution in [0.15, 0.2) is 0 Å². The Labute approximate surface area is 85.3 Å². The topological polar surface area (TPSA) is 0 Å². The molecule has 68 valence electrons. The minimum atomic E-state index is 0.0907. The van der Waals surface area contributed by atoms with E-state index < -0.39 is 0 Å². The van der Waals surface area contributed by atoms with Crippen molar-refractivity contribution in [3.05, 3.63) is 0 Å². The Morgan fingerprint density at radius 1 is 0.750 bits per heavy atom. The smallest absolute Gasteiger partial charge is 0.0608 e. The van der Waals surface area contributed by atoms with Gasteiger partial charge in [-0.25, -0.2) is 0 Å². The summed E-state index contributed by atoms with van der Waals surface area (Å²) >= 11 is 9.53. The Kier molecular flexibility index (Phi) is 1.60.